The zero-order valence-electron chi connectivity index (χ0n) is 7.49. The van der Waals surface area contributed by atoms with E-state index in [0.29, 0.717) is 12.5 Å². The summed E-state index contributed by atoms with van der Waals surface area (Å²) in [6.45, 7) is 2.55. The Balaban J connectivity index is 1.77. The van der Waals surface area contributed by atoms with Gasteiger partial charge in [-0.25, -0.2) is 0 Å². The van der Waals surface area contributed by atoms with Crippen LogP contribution in [0.2, 0.25) is 0 Å². The van der Waals surface area contributed by atoms with Crippen molar-refractivity contribution in [2.45, 2.75) is 19.9 Å². The molecule has 0 spiro atoms. The molecule has 1 saturated carbocycles. The predicted octanol–water partition coefficient (Wildman–Crippen LogP) is 0.947. The highest BCUT2D eigenvalue weighted by Crippen LogP contribution is 2.37. The molecule has 2 rings (SSSR count). The van der Waals surface area contributed by atoms with Gasteiger partial charge in [0.2, 0.25) is 5.91 Å². The van der Waals surface area contributed by atoms with Crippen LogP contribution in [0.4, 0.5) is 0 Å². The zero-order valence-corrected chi connectivity index (χ0v) is 7.49. The fraction of sp³-hybridized carbons (Fsp3) is 0.556. The topological polar surface area (TPSA) is 55.1 Å². The SMILES string of the molecule is C[C@H]1C[C@@H]1C(=O)NCc1ccon1. The van der Waals surface area contributed by atoms with Gasteiger partial charge in [0.25, 0.3) is 0 Å². The first-order valence-corrected chi connectivity index (χ1v) is 4.44. The number of nitrogens with one attached hydrogen (secondary N) is 1. The fourth-order valence-electron chi connectivity index (χ4n) is 1.32. The van der Waals surface area contributed by atoms with Crippen molar-refractivity contribution >= 4 is 5.91 Å². The molecule has 2 atom stereocenters. The van der Waals surface area contributed by atoms with Crippen LogP contribution in [0.5, 0.6) is 0 Å². The highest BCUT2D eigenvalue weighted by Gasteiger charge is 2.38. The molecular formula is C9H12N2O2. The Morgan fingerprint density at radius 1 is 1.85 bits per heavy atom. The van der Waals surface area contributed by atoms with Crippen molar-refractivity contribution in [1.82, 2.24) is 10.5 Å². The fourth-order valence-corrected chi connectivity index (χ4v) is 1.32. The van der Waals surface area contributed by atoms with Crippen molar-refractivity contribution in [1.29, 1.82) is 0 Å². The first-order valence-electron chi connectivity index (χ1n) is 4.44. The Labute approximate surface area is 76.3 Å². The molecule has 1 aromatic heterocycles. The third kappa shape index (κ3) is 1.88. The standard InChI is InChI=1S/C9H12N2O2/c1-6-4-8(6)9(12)10-5-7-2-3-13-11-7/h2-3,6,8H,4-5H2,1H3,(H,10,12)/t6-,8-/m0/s1. The predicted molar refractivity (Wildman–Crippen MR) is 45.6 cm³/mol. The molecular weight excluding hydrogens is 168 g/mol. The second kappa shape index (κ2) is 3.20. The van der Waals surface area contributed by atoms with Crippen molar-refractivity contribution in [2.75, 3.05) is 0 Å². The maximum atomic E-state index is 11.3. The average molecular weight is 180 g/mol. The molecule has 1 fully saturated rings. The van der Waals surface area contributed by atoms with Crippen molar-refractivity contribution in [3.05, 3.63) is 18.0 Å². The van der Waals surface area contributed by atoms with Crippen molar-refractivity contribution < 1.29 is 9.32 Å². The maximum absolute atomic E-state index is 11.3. The average Bonchev–Trinajstić information content (AvgIpc) is 2.68. The van der Waals surface area contributed by atoms with Crippen LogP contribution in [0.25, 0.3) is 0 Å². The minimum atomic E-state index is 0.135. The summed E-state index contributed by atoms with van der Waals surface area (Å²) in [6, 6.07) is 1.75. The van der Waals surface area contributed by atoms with Gasteiger partial charge in [-0.05, 0) is 12.3 Å². The molecule has 13 heavy (non-hydrogen) atoms. The minimum absolute atomic E-state index is 0.135. The Hall–Kier alpha value is -1.32. The number of rotatable bonds is 3. The van der Waals surface area contributed by atoms with E-state index in [9.17, 15) is 4.79 Å². The summed E-state index contributed by atoms with van der Waals surface area (Å²) < 4.78 is 4.64. The van der Waals surface area contributed by atoms with Gasteiger partial charge in [0.05, 0.1) is 6.54 Å². The molecule has 1 aromatic rings. The summed E-state index contributed by atoms with van der Waals surface area (Å²) in [5, 5.41) is 6.51. The molecule has 0 aromatic carbocycles. The van der Waals surface area contributed by atoms with Gasteiger partial charge in [0.1, 0.15) is 12.0 Å². The monoisotopic (exact) mass is 180 g/mol. The van der Waals surface area contributed by atoms with Gasteiger partial charge in [-0.15, -0.1) is 0 Å². The minimum Gasteiger partial charge on any atom is -0.364 e. The first-order chi connectivity index (χ1) is 6.27. The summed E-state index contributed by atoms with van der Waals surface area (Å²) in [4.78, 5) is 11.3. The van der Waals surface area contributed by atoms with Crippen LogP contribution in [0.1, 0.15) is 19.0 Å². The third-order valence-corrected chi connectivity index (χ3v) is 2.38. The number of aromatic nitrogens is 1. The summed E-state index contributed by atoms with van der Waals surface area (Å²) in [5.74, 6) is 0.916. The van der Waals surface area contributed by atoms with Crippen molar-refractivity contribution in [2.24, 2.45) is 11.8 Å². The Kier molecular flexibility index (Phi) is 2.04. The number of hydrogen-bond donors (Lipinski definition) is 1. The Morgan fingerprint density at radius 2 is 2.62 bits per heavy atom. The van der Waals surface area contributed by atoms with E-state index in [0.717, 1.165) is 12.1 Å². The van der Waals surface area contributed by atoms with Gasteiger partial charge in [0.15, 0.2) is 0 Å². The van der Waals surface area contributed by atoms with E-state index < -0.39 is 0 Å². The molecule has 0 radical (unpaired) electrons. The van der Waals surface area contributed by atoms with Crippen LogP contribution in [0.15, 0.2) is 16.9 Å². The molecule has 4 nitrogen and oxygen atoms in total. The summed E-state index contributed by atoms with van der Waals surface area (Å²) in [6.07, 6.45) is 2.52. The Morgan fingerprint density at radius 3 is 3.15 bits per heavy atom. The van der Waals surface area contributed by atoms with Crippen molar-refractivity contribution in [3.8, 4) is 0 Å². The van der Waals surface area contributed by atoms with Crippen LogP contribution < -0.4 is 5.32 Å². The van der Waals surface area contributed by atoms with Crippen LogP contribution in [-0.4, -0.2) is 11.1 Å². The van der Waals surface area contributed by atoms with Gasteiger partial charge in [0, 0.05) is 12.0 Å². The van der Waals surface area contributed by atoms with E-state index in [1.54, 1.807) is 6.07 Å². The number of carbonyl (C=O) groups is 1. The lowest BCUT2D eigenvalue weighted by molar-refractivity contribution is -0.122. The van der Waals surface area contributed by atoms with Gasteiger partial charge in [-0.1, -0.05) is 12.1 Å². The third-order valence-electron chi connectivity index (χ3n) is 2.38. The lowest BCUT2D eigenvalue weighted by atomic mass is 10.3. The summed E-state index contributed by atoms with van der Waals surface area (Å²) >= 11 is 0. The van der Waals surface area contributed by atoms with E-state index in [4.69, 9.17) is 0 Å². The lowest BCUT2D eigenvalue weighted by Crippen LogP contribution is -2.24. The number of carbonyl (C=O) groups excluding carboxylic acids is 1. The van der Waals surface area contributed by atoms with E-state index in [2.05, 4.69) is 21.9 Å². The Bertz CT molecular complexity index is 295. The van der Waals surface area contributed by atoms with E-state index in [-0.39, 0.29) is 11.8 Å². The molecule has 1 aliphatic rings. The molecule has 1 aliphatic carbocycles. The largest absolute Gasteiger partial charge is 0.364 e. The normalized spacial score (nSPS) is 25.6. The van der Waals surface area contributed by atoms with Gasteiger partial charge in [-0.2, -0.15) is 0 Å². The lowest BCUT2D eigenvalue weighted by Gasteiger charge is -2.00. The van der Waals surface area contributed by atoms with Gasteiger partial charge >= 0.3 is 0 Å². The molecule has 0 unspecified atom stereocenters. The quantitative estimate of drug-likeness (QED) is 0.753. The van der Waals surface area contributed by atoms with Crippen LogP contribution in [0.3, 0.4) is 0 Å². The molecule has 0 bridgehead atoms. The molecule has 1 N–H and O–H groups in total. The van der Waals surface area contributed by atoms with Crippen molar-refractivity contribution in [3.63, 3.8) is 0 Å². The molecule has 1 heterocycles. The van der Waals surface area contributed by atoms with Gasteiger partial charge in [-0.3, -0.25) is 4.79 Å². The van der Waals surface area contributed by atoms with Crippen LogP contribution in [0, 0.1) is 11.8 Å². The summed E-state index contributed by atoms with van der Waals surface area (Å²) in [7, 11) is 0. The smallest absolute Gasteiger partial charge is 0.223 e. The zero-order chi connectivity index (χ0) is 9.26. The number of nitrogens with zero attached hydrogens (tertiary/aromatic N) is 1. The molecule has 0 saturated heterocycles. The van der Waals surface area contributed by atoms with E-state index in [1.807, 2.05) is 0 Å². The maximum Gasteiger partial charge on any atom is 0.223 e. The second-order valence-electron chi connectivity index (χ2n) is 3.53. The highest BCUT2D eigenvalue weighted by atomic mass is 16.5. The number of amides is 1. The molecule has 70 valence electrons. The first kappa shape index (κ1) is 8.29. The van der Waals surface area contributed by atoms with Crippen LogP contribution in [-0.2, 0) is 11.3 Å². The van der Waals surface area contributed by atoms with Gasteiger partial charge < -0.3 is 9.84 Å². The summed E-state index contributed by atoms with van der Waals surface area (Å²) in [5.41, 5.74) is 0.765. The molecule has 1 amide bonds. The highest BCUT2D eigenvalue weighted by molar-refractivity contribution is 5.81. The van der Waals surface area contributed by atoms with E-state index >= 15 is 0 Å². The van der Waals surface area contributed by atoms with E-state index in [1.165, 1.54) is 6.26 Å². The molecule has 0 aliphatic heterocycles. The molecule has 4 heteroatoms. The second-order valence-corrected chi connectivity index (χ2v) is 3.53. The number of hydrogen-bond acceptors (Lipinski definition) is 3. The van der Waals surface area contributed by atoms with Crippen LogP contribution >= 0.6 is 0 Å².